The maximum Gasteiger partial charge on any atom is 0.321 e. The molecule has 4 nitrogen and oxygen atoms in total. The molecule has 1 aromatic heterocycles. The van der Waals surface area contributed by atoms with Crippen molar-refractivity contribution in [3.63, 3.8) is 0 Å². The van der Waals surface area contributed by atoms with E-state index < -0.39 is 0 Å². The molecule has 0 bridgehead atoms. The topological polar surface area (TPSA) is 45.2 Å². The fourth-order valence-corrected chi connectivity index (χ4v) is 4.13. The van der Waals surface area contributed by atoms with E-state index in [1.807, 2.05) is 36.1 Å². The van der Waals surface area contributed by atoms with E-state index in [0.717, 1.165) is 40.4 Å². The van der Waals surface area contributed by atoms with Crippen molar-refractivity contribution in [2.24, 2.45) is 0 Å². The molecule has 0 radical (unpaired) electrons. The van der Waals surface area contributed by atoms with Gasteiger partial charge in [0.25, 0.3) is 0 Å². The smallest absolute Gasteiger partial charge is 0.321 e. The van der Waals surface area contributed by atoms with Crippen molar-refractivity contribution in [1.29, 1.82) is 0 Å². The molecule has 24 heavy (non-hydrogen) atoms. The lowest BCUT2D eigenvalue weighted by Gasteiger charge is -2.17. The van der Waals surface area contributed by atoms with Gasteiger partial charge in [-0.05, 0) is 37.1 Å². The molecule has 1 atom stereocenters. The molecule has 3 aromatic rings. The maximum absolute atomic E-state index is 12.5. The summed E-state index contributed by atoms with van der Waals surface area (Å²) in [6.45, 7) is 3.57. The number of likely N-dealkylation sites (tertiary alicyclic amines) is 1. The van der Waals surface area contributed by atoms with Crippen LogP contribution in [0.1, 0.15) is 22.9 Å². The van der Waals surface area contributed by atoms with Gasteiger partial charge in [-0.1, -0.05) is 30.3 Å². The molecule has 5 heteroatoms. The quantitative estimate of drug-likeness (QED) is 0.741. The van der Waals surface area contributed by atoms with Crippen LogP contribution in [0.25, 0.3) is 10.2 Å². The normalized spacial score (nSPS) is 17.4. The van der Waals surface area contributed by atoms with Crippen LogP contribution in [0.2, 0.25) is 0 Å². The number of rotatable bonds is 2. The van der Waals surface area contributed by atoms with Crippen LogP contribution in [-0.2, 0) is 0 Å². The van der Waals surface area contributed by atoms with Crippen molar-refractivity contribution in [2.45, 2.75) is 19.3 Å². The first kappa shape index (κ1) is 15.1. The Morgan fingerprint density at radius 2 is 2.08 bits per heavy atom. The van der Waals surface area contributed by atoms with Crippen LogP contribution < -0.4 is 5.32 Å². The van der Waals surface area contributed by atoms with Gasteiger partial charge in [-0.25, -0.2) is 9.78 Å². The first-order valence-corrected chi connectivity index (χ1v) is 8.99. The summed E-state index contributed by atoms with van der Waals surface area (Å²) >= 11 is 1.65. The number of carbonyl (C=O) groups is 1. The van der Waals surface area contributed by atoms with Gasteiger partial charge >= 0.3 is 6.03 Å². The van der Waals surface area contributed by atoms with Crippen LogP contribution >= 0.6 is 11.3 Å². The maximum atomic E-state index is 12.5. The van der Waals surface area contributed by atoms with Crippen molar-refractivity contribution in [3.05, 3.63) is 59.1 Å². The molecular formula is C19H19N3OS. The fourth-order valence-electron chi connectivity index (χ4n) is 3.26. The number of hydrogen-bond acceptors (Lipinski definition) is 3. The first-order valence-electron chi connectivity index (χ1n) is 8.17. The number of anilines is 1. The number of nitrogens with one attached hydrogen (secondary N) is 1. The van der Waals surface area contributed by atoms with E-state index in [1.54, 1.807) is 11.3 Å². The van der Waals surface area contributed by atoms with Gasteiger partial charge in [0.15, 0.2) is 0 Å². The van der Waals surface area contributed by atoms with Crippen molar-refractivity contribution in [1.82, 2.24) is 9.88 Å². The van der Waals surface area contributed by atoms with Gasteiger partial charge in [0.2, 0.25) is 0 Å². The van der Waals surface area contributed by atoms with Crippen LogP contribution in [0.3, 0.4) is 0 Å². The third-order valence-corrected chi connectivity index (χ3v) is 5.43. The molecule has 0 spiro atoms. The second kappa shape index (κ2) is 6.24. The highest BCUT2D eigenvalue weighted by atomic mass is 32.1. The number of aryl methyl sites for hydroxylation is 1. The van der Waals surface area contributed by atoms with E-state index in [1.165, 1.54) is 5.56 Å². The van der Waals surface area contributed by atoms with E-state index in [-0.39, 0.29) is 6.03 Å². The summed E-state index contributed by atoms with van der Waals surface area (Å²) < 4.78 is 1.11. The molecular weight excluding hydrogens is 318 g/mol. The predicted octanol–water partition coefficient (Wildman–Crippen LogP) is 4.63. The summed E-state index contributed by atoms with van der Waals surface area (Å²) in [5.41, 5.74) is 3.13. The van der Waals surface area contributed by atoms with Crippen molar-refractivity contribution >= 4 is 33.3 Å². The summed E-state index contributed by atoms with van der Waals surface area (Å²) in [4.78, 5) is 18.9. The number of thiazole rings is 1. The number of amides is 2. The highest BCUT2D eigenvalue weighted by molar-refractivity contribution is 7.18. The van der Waals surface area contributed by atoms with Crippen LogP contribution in [-0.4, -0.2) is 29.0 Å². The Bertz CT molecular complexity index is 875. The standard InChI is InChI=1S/C19H19N3OS/c1-13-20-17-8-7-16(11-18(17)24-13)21-19(23)22-10-9-15(12-22)14-5-3-2-4-6-14/h2-8,11,15H,9-10,12H2,1H3,(H,21,23)/t15-/m0/s1. The summed E-state index contributed by atoms with van der Waals surface area (Å²) in [6.07, 6.45) is 1.02. The molecule has 2 heterocycles. The highest BCUT2D eigenvalue weighted by Gasteiger charge is 2.27. The Morgan fingerprint density at radius 1 is 1.25 bits per heavy atom. The minimum Gasteiger partial charge on any atom is -0.324 e. The lowest BCUT2D eigenvalue weighted by Crippen LogP contribution is -2.32. The van der Waals surface area contributed by atoms with Gasteiger partial charge < -0.3 is 10.2 Å². The summed E-state index contributed by atoms with van der Waals surface area (Å²) in [5, 5.41) is 4.06. The van der Waals surface area contributed by atoms with Gasteiger partial charge in [0.05, 0.1) is 15.2 Å². The van der Waals surface area contributed by atoms with Crippen molar-refractivity contribution in [2.75, 3.05) is 18.4 Å². The lowest BCUT2D eigenvalue weighted by atomic mass is 9.99. The minimum atomic E-state index is -0.0194. The lowest BCUT2D eigenvalue weighted by molar-refractivity contribution is 0.222. The van der Waals surface area contributed by atoms with E-state index in [0.29, 0.717) is 5.92 Å². The van der Waals surface area contributed by atoms with Crippen LogP contribution in [0.15, 0.2) is 48.5 Å². The predicted molar refractivity (Wildman–Crippen MR) is 98.7 cm³/mol. The molecule has 4 rings (SSSR count). The molecule has 0 unspecified atom stereocenters. The number of benzene rings is 2. The van der Waals surface area contributed by atoms with Crippen LogP contribution in [0.5, 0.6) is 0 Å². The molecule has 1 N–H and O–H groups in total. The summed E-state index contributed by atoms with van der Waals surface area (Å²) in [7, 11) is 0. The molecule has 1 fully saturated rings. The number of aromatic nitrogens is 1. The zero-order chi connectivity index (χ0) is 16.5. The number of hydrogen-bond donors (Lipinski definition) is 1. The largest absolute Gasteiger partial charge is 0.324 e. The van der Waals surface area contributed by atoms with Crippen molar-refractivity contribution in [3.8, 4) is 0 Å². The average molecular weight is 337 g/mol. The fraction of sp³-hybridized carbons (Fsp3) is 0.263. The van der Waals surface area contributed by atoms with Gasteiger partial charge in [-0.3, -0.25) is 0 Å². The summed E-state index contributed by atoms with van der Waals surface area (Å²) in [6, 6.07) is 16.3. The second-order valence-corrected chi connectivity index (χ2v) is 7.42. The van der Waals surface area contributed by atoms with Gasteiger partial charge in [-0.15, -0.1) is 11.3 Å². The van der Waals surface area contributed by atoms with Gasteiger partial charge in [0, 0.05) is 24.7 Å². The highest BCUT2D eigenvalue weighted by Crippen LogP contribution is 2.28. The van der Waals surface area contributed by atoms with E-state index in [2.05, 4.69) is 34.6 Å². The monoisotopic (exact) mass is 337 g/mol. The van der Waals surface area contributed by atoms with E-state index in [9.17, 15) is 4.79 Å². The first-order chi connectivity index (χ1) is 11.7. The Morgan fingerprint density at radius 3 is 2.92 bits per heavy atom. The third kappa shape index (κ3) is 2.99. The number of urea groups is 1. The molecule has 2 aromatic carbocycles. The molecule has 1 aliphatic heterocycles. The van der Waals surface area contributed by atoms with Crippen LogP contribution in [0.4, 0.5) is 10.5 Å². The molecule has 0 aliphatic carbocycles. The second-order valence-electron chi connectivity index (χ2n) is 6.19. The van der Waals surface area contributed by atoms with E-state index in [4.69, 9.17) is 0 Å². The number of carbonyl (C=O) groups excluding carboxylic acids is 1. The molecule has 1 saturated heterocycles. The molecule has 0 saturated carbocycles. The minimum absolute atomic E-state index is 0.0194. The Kier molecular flexibility index (Phi) is 3.94. The molecule has 2 amide bonds. The number of nitrogens with zero attached hydrogens (tertiary/aromatic N) is 2. The van der Waals surface area contributed by atoms with Crippen molar-refractivity contribution < 1.29 is 4.79 Å². The van der Waals surface area contributed by atoms with E-state index >= 15 is 0 Å². The van der Waals surface area contributed by atoms with Gasteiger partial charge in [0.1, 0.15) is 0 Å². The Labute approximate surface area is 145 Å². The Balaban J connectivity index is 1.44. The van der Waals surface area contributed by atoms with Crippen LogP contribution in [0, 0.1) is 6.92 Å². The Hall–Kier alpha value is -2.40. The summed E-state index contributed by atoms with van der Waals surface area (Å²) in [5.74, 6) is 0.434. The average Bonchev–Trinajstić information content (AvgIpc) is 3.21. The SMILES string of the molecule is Cc1nc2ccc(NC(=O)N3CC[C@H](c4ccccc4)C3)cc2s1. The van der Waals surface area contributed by atoms with Gasteiger partial charge in [-0.2, -0.15) is 0 Å². The number of fused-ring (bicyclic) bond motifs is 1. The zero-order valence-corrected chi connectivity index (χ0v) is 14.3. The third-order valence-electron chi connectivity index (χ3n) is 4.49. The molecule has 1 aliphatic rings. The molecule has 122 valence electrons. The zero-order valence-electron chi connectivity index (χ0n) is 13.5.